The Kier molecular flexibility index (Phi) is 5.63. The van der Waals surface area contributed by atoms with Gasteiger partial charge in [0.2, 0.25) is 0 Å². The summed E-state index contributed by atoms with van der Waals surface area (Å²) in [7, 11) is 1.52. The molecule has 2 heterocycles. The zero-order chi connectivity index (χ0) is 21.3. The first-order valence-corrected chi connectivity index (χ1v) is 10.3. The molecule has 1 aromatic heterocycles. The van der Waals surface area contributed by atoms with Crippen LogP contribution < -0.4 is 4.74 Å². The summed E-state index contributed by atoms with van der Waals surface area (Å²) >= 11 is 2.19. The molecule has 1 fully saturated rings. The number of methoxy groups -OCH3 is 1. The summed E-state index contributed by atoms with van der Waals surface area (Å²) in [6.45, 7) is 0.114. The Morgan fingerprint density at radius 2 is 1.90 bits per heavy atom. The van der Waals surface area contributed by atoms with E-state index in [1.807, 2.05) is 24.3 Å². The van der Waals surface area contributed by atoms with E-state index in [1.165, 1.54) is 18.3 Å². The van der Waals surface area contributed by atoms with Crippen LogP contribution in [0.3, 0.4) is 0 Å². The number of carbonyl (C=O) groups is 2. The van der Waals surface area contributed by atoms with Gasteiger partial charge in [-0.3, -0.25) is 9.59 Å². The van der Waals surface area contributed by atoms with Gasteiger partial charge in [0, 0.05) is 9.13 Å². The first-order chi connectivity index (χ1) is 14.5. The smallest absolute Gasteiger partial charge is 0.296 e. The maximum Gasteiger partial charge on any atom is 0.296 e. The van der Waals surface area contributed by atoms with Crippen molar-refractivity contribution in [1.29, 1.82) is 0 Å². The van der Waals surface area contributed by atoms with Crippen LogP contribution in [-0.4, -0.2) is 28.8 Å². The molecule has 30 heavy (non-hydrogen) atoms. The molecule has 4 rings (SSSR count). The molecule has 0 saturated carbocycles. The molecule has 1 aliphatic rings. The van der Waals surface area contributed by atoms with E-state index in [2.05, 4.69) is 22.6 Å². The molecule has 1 amide bonds. The predicted octanol–water partition coefficient (Wildman–Crippen LogP) is 4.51. The highest BCUT2D eigenvalue weighted by Crippen LogP contribution is 2.40. The van der Waals surface area contributed by atoms with E-state index in [0.717, 1.165) is 9.13 Å². The summed E-state index contributed by atoms with van der Waals surface area (Å²) in [5, 5.41) is 11.1. The fourth-order valence-corrected chi connectivity index (χ4v) is 3.89. The van der Waals surface area contributed by atoms with E-state index >= 15 is 0 Å². The molecule has 1 aliphatic heterocycles. The number of ether oxygens (including phenoxy) is 1. The molecule has 3 aromatic rings. The number of Topliss-reactive ketones (excluding diaryl/α,β-unsaturated/α-hetero) is 1. The summed E-state index contributed by atoms with van der Waals surface area (Å²) in [5.41, 5.74) is 1.17. The van der Waals surface area contributed by atoms with Crippen LogP contribution in [0.15, 0.2) is 76.9 Å². The van der Waals surface area contributed by atoms with Crippen LogP contribution in [0.4, 0.5) is 0 Å². The van der Waals surface area contributed by atoms with Crippen LogP contribution in [0.1, 0.15) is 22.9 Å². The molecule has 2 aromatic carbocycles. The molecule has 0 spiro atoms. The van der Waals surface area contributed by atoms with Crippen molar-refractivity contribution in [2.75, 3.05) is 7.11 Å². The molecule has 1 saturated heterocycles. The summed E-state index contributed by atoms with van der Waals surface area (Å²) < 4.78 is 11.6. The van der Waals surface area contributed by atoms with Crippen LogP contribution in [-0.2, 0) is 16.1 Å². The van der Waals surface area contributed by atoms with Gasteiger partial charge in [-0.2, -0.15) is 0 Å². The zero-order valence-electron chi connectivity index (χ0n) is 16.0. The number of hydrogen-bond donors (Lipinski definition) is 1. The Morgan fingerprint density at radius 3 is 2.57 bits per heavy atom. The normalized spacial score (nSPS) is 18.1. The monoisotopic (exact) mass is 515 g/mol. The number of rotatable bonds is 5. The largest absolute Gasteiger partial charge is 0.507 e. The third-order valence-electron chi connectivity index (χ3n) is 4.98. The highest BCUT2D eigenvalue weighted by molar-refractivity contribution is 14.1. The minimum Gasteiger partial charge on any atom is -0.507 e. The number of aliphatic hydroxyl groups is 1. The molecule has 0 radical (unpaired) electrons. The summed E-state index contributed by atoms with van der Waals surface area (Å²) in [4.78, 5) is 27.3. The lowest BCUT2D eigenvalue weighted by molar-refractivity contribution is -0.140. The fraction of sp³-hybridized carbons (Fsp3) is 0.130. The molecule has 1 unspecified atom stereocenters. The lowest BCUT2D eigenvalue weighted by Gasteiger charge is -2.24. The fourth-order valence-electron chi connectivity index (χ4n) is 3.53. The minimum absolute atomic E-state index is 0.0426. The molecule has 152 valence electrons. The van der Waals surface area contributed by atoms with E-state index in [1.54, 1.807) is 36.4 Å². The van der Waals surface area contributed by atoms with Gasteiger partial charge in [0.15, 0.2) is 0 Å². The quantitative estimate of drug-likeness (QED) is 0.234. The Bertz CT molecular complexity index is 1120. The molecule has 0 aliphatic carbocycles. The topological polar surface area (TPSA) is 80.0 Å². The predicted molar refractivity (Wildman–Crippen MR) is 119 cm³/mol. The third-order valence-corrected chi connectivity index (χ3v) is 5.69. The summed E-state index contributed by atoms with van der Waals surface area (Å²) in [6.07, 6.45) is 1.52. The number of benzene rings is 2. The lowest BCUT2D eigenvalue weighted by Crippen LogP contribution is -2.29. The number of amides is 1. The average Bonchev–Trinajstić information content (AvgIpc) is 3.36. The molecule has 1 atom stereocenters. The Balaban J connectivity index is 1.86. The molecule has 0 bridgehead atoms. The second kappa shape index (κ2) is 8.35. The minimum atomic E-state index is -0.738. The molecule has 1 N–H and O–H groups in total. The second-order valence-corrected chi connectivity index (χ2v) is 8.04. The number of furan rings is 1. The van der Waals surface area contributed by atoms with Gasteiger partial charge in [0.25, 0.3) is 11.7 Å². The summed E-state index contributed by atoms with van der Waals surface area (Å²) in [5.74, 6) is -0.564. The number of halogens is 1. The Labute approximate surface area is 186 Å². The highest BCUT2D eigenvalue weighted by atomic mass is 127. The van der Waals surface area contributed by atoms with Crippen molar-refractivity contribution < 1.29 is 23.8 Å². The van der Waals surface area contributed by atoms with Crippen LogP contribution in [0.5, 0.6) is 5.75 Å². The Hall–Kier alpha value is -3.07. The van der Waals surface area contributed by atoms with Crippen LogP contribution >= 0.6 is 22.6 Å². The van der Waals surface area contributed by atoms with Gasteiger partial charge in [-0.15, -0.1) is 0 Å². The van der Waals surface area contributed by atoms with E-state index in [-0.39, 0.29) is 17.9 Å². The van der Waals surface area contributed by atoms with Crippen molar-refractivity contribution in [1.82, 2.24) is 4.90 Å². The van der Waals surface area contributed by atoms with Crippen LogP contribution in [0.2, 0.25) is 0 Å². The van der Waals surface area contributed by atoms with Crippen molar-refractivity contribution in [3.63, 3.8) is 0 Å². The van der Waals surface area contributed by atoms with Crippen LogP contribution in [0.25, 0.3) is 5.76 Å². The molecule has 7 heteroatoms. The van der Waals surface area contributed by atoms with E-state index < -0.39 is 17.7 Å². The first-order valence-electron chi connectivity index (χ1n) is 9.20. The maximum absolute atomic E-state index is 13.0. The van der Waals surface area contributed by atoms with Crippen molar-refractivity contribution >= 4 is 40.0 Å². The maximum atomic E-state index is 13.0. The van der Waals surface area contributed by atoms with E-state index in [0.29, 0.717) is 17.1 Å². The number of likely N-dealkylation sites (tertiary alicyclic amines) is 1. The van der Waals surface area contributed by atoms with E-state index in [9.17, 15) is 14.7 Å². The highest BCUT2D eigenvalue weighted by Gasteiger charge is 2.46. The van der Waals surface area contributed by atoms with Gasteiger partial charge in [-0.1, -0.05) is 24.3 Å². The van der Waals surface area contributed by atoms with Gasteiger partial charge >= 0.3 is 0 Å². The molecular weight excluding hydrogens is 497 g/mol. The number of aliphatic hydroxyl groups excluding tert-OH is 1. The number of ketones is 1. The van der Waals surface area contributed by atoms with Crippen molar-refractivity contribution in [2.45, 2.75) is 12.6 Å². The Morgan fingerprint density at radius 1 is 1.13 bits per heavy atom. The van der Waals surface area contributed by atoms with Gasteiger partial charge < -0.3 is 19.2 Å². The van der Waals surface area contributed by atoms with Crippen molar-refractivity contribution in [3.8, 4) is 5.75 Å². The first kappa shape index (κ1) is 20.2. The SMILES string of the molecule is COc1cccc(/C(O)=C2\C(=O)C(=O)N(Cc3ccco3)C2c2ccc(I)cc2)c1. The second-order valence-electron chi connectivity index (χ2n) is 6.79. The number of nitrogens with zero attached hydrogens (tertiary/aromatic N) is 1. The van der Waals surface area contributed by atoms with Crippen LogP contribution in [0, 0.1) is 3.57 Å². The zero-order valence-corrected chi connectivity index (χ0v) is 18.2. The van der Waals surface area contributed by atoms with Crippen molar-refractivity contribution in [3.05, 3.63) is 93.0 Å². The van der Waals surface area contributed by atoms with E-state index in [4.69, 9.17) is 9.15 Å². The lowest BCUT2D eigenvalue weighted by atomic mass is 9.95. The third kappa shape index (κ3) is 3.72. The molecular formula is C23H18INO5. The standard InChI is InChI=1S/C23H18INO5/c1-29-17-5-2-4-15(12-17)21(26)19-20(14-7-9-16(24)10-8-14)25(23(28)22(19)27)13-18-6-3-11-30-18/h2-12,20,26H,13H2,1H3/b21-19+. The number of carbonyl (C=O) groups excluding carboxylic acids is 2. The summed E-state index contributed by atoms with van der Waals surface area (Å²) in [6, 6.07) is 17.0. The van der Waals surface area contributed by atoms with Gasteiger partial charge in [0.1, 0.15) is 17.3 Å². The van der Waals surface area contributed by atoms with Gasteiger partial charge in [0.05, 0.1) is 31.5 Å². The molecule has 6 nitrogen and oxygen atoms in total. The van der Waals surface area contributed by atoms with Crippen molar-refractivity contribution in [2.24, 2.45) is 0 Å². The van der Waals surface area contributed by atoms with Gasteiger partial charge in [-0.25, -0.2) is 0 Å². The van der Waals surface area contributed by atoms with Gasteiger partial charge in [-0.05, 0) is 64.6 Å². The number of hydrogen-bond acceptors (Lipinski definition) is 5. The average molecular weight is 515 g/mol.